The number of unbranched alkanes of at least 4 members (excludes halogenated alkanes) is 11. The second-order valence-corrected chi connectivity index (χ2v) is 6.02. The van der Waals surface area contributed by atoms with Gasteiger partial charge in [-0.1, -0.05) is 77.6 Å². The summed E-state index contributed by atoms with van der Waals surface area (Å²) < 4.78 is 4.95. The van der Waals surface area contributed by atoms with Crippen LogP contribution in [0.15, 0.2) is 0 Å². The second kappa shape index (κ2) is 18.4. The molecule has 22 heavy (non-hydrogen) atoms. The lowest BCUT2D eigenvalue weighted by Gasteiger charge is -2.05. The molecule has 0 aromatic rings. The van der Waals surface area contributed by atoms with Crippen molar-refractivity contribution < 1.29 is 14.6 Å². The molecule has 0 aromatic heterocycles. The highest BCUT2D eigenvalue weighted by Crippen LogP contribution is 2.11. The molecule has 0 unspecified atom stereocenters. The zero-order valence-corrected chi connectivity index (χ0v) is 14.6. The molecule has 4 heteroatoms. The van der Waals surface area contributed by atoms with Crippen molar-refractivity contribution in [1.29, 1.82) is 0 Å². The Morgan fingerprint density at radius 3 is 1.86 bits per heavy atom. The summed E-state index contributed by atoms with van der Waals surface area (Å²) in [7, 11) is 0. The first-order valence-corrected chi connectivity index (χ1v) is 9.26. The maximum atomic E-state index is 11.3. The highest BCUT2D eigenvalue weighted by molar-refractivity contribution is 5.77. The molecule has 0 saturated carbocycles. The van der Waals surface area contributed by atoms with Gasteiger partial charge in [-0.05, 0) is 6.42 Å². The third-order valence-electron chi connectivity index (χ3n) is 3.82. The molecule has 0 spiro atoms. The molecule has 0 aliphatic carbocycles. The van der Waals surface area contributed by atoms with Gasteiger partial charge in [0.25, 0.3) is 0 Å². The summed E-state index contributed by atoms with van der Waals surface area (Å²) in [5.74, 6) is -0.0866. The van der Waals surface area contributed by atoms with Crippen molar-refractivity contribution in [2.45, 2.75) is 84.0 Å². The van der Waals surface area contributed by atoms with E-state index in [9.17, 15) is 4.79 Å². The largest absolute Gasteiger partial charge is 0.394 e. The number of carbonyl (C=O) groups excluding carboxylic acids is 1. The third kappa shape index (κ3) is 17.4. The Labute approximate surface area is 137 Å². The predicted molar refractivity (Wildman–Crippen MR) is 92.0 cm³/mol. The van der Waals surface area contributed by atoms with Gasteiger partial charge < -0.3 is 15.2 Å². The smallest absolute Gasteiger partial charge is 0.245 e. The predicted octanol–water partition coefficient (Wildman–Crippen LogP) is 3.81. The minimum atomic E-state index is -0.0866. The first kappa shape index (κ1) is 21.4. The molecule has 2 N–H and O–H groups in total. The Hall–Kier alpha value is -0.610. The summed E-state index contributed by atoms with van der Waals surface area (Å²) in [4.78, 5) is 11.3. The lowest BCUT2D eigenvalue weighted by Crippen LogP contribution is -2.28. The monoisotopic (exact) mass is 315 g/mol. The Kier molecular flexibility index (Phi) is 17.9. The lowest BCUT2D eigenvalue weighted by molar-refractivity contribution is -0.125. The van der Waals surface area contributed by atoms with Crippen molar-refractivity contribution >= 4 is 5.91 Å². The zero-order chi connectivity index (χ0) is 16.3. The van der Waals surface area contributed by atoms with E-state index in [1.807, 2.05) is 0 Å². The topological polar surface area (TPSA) is 58.6 Å². The molecule has 1 amide bonds. The Morgan fingerprint density at radius 1 is 0.864 bits per heavy atom. The third-order valence-corrected chi connectivity index (χ3v) is 3.82. The normalized spacial score (nSPS) is 10.8. The van der Waals surface area contributed by atoms with Gasteiger partial charge in [0, 0.05) is 6.54 Å². The first-order valence-electron chi connectivity index (χ1n) is 9.26. The van der Waals surface area contributed by atoms with Crippen LogP contribution in [0.5, 0.6) is 0 Å². The van der Waals surface area contributed by atoms with Gasteiger partial charge in [-0.2, -0.15) is 0 Å². The molecule has 0 fully saturated rings. The number of nitrogens with one attached hydrogen (secondary N) is 1. The maximum Gasteiger partial charge on any atom is 0.245 e. The molecular weight excluding hydrogens is 278 g/mol. The number of aliphatic hydroxyl groups is 1. The molecule has 0 aliphatic rings. The minimum Gasteiger partial charge on any atom is -0.394 e. The lowest BCUT2D eigenvalue weighted by atomic mass is 10.1. The Morgan fingerprint density at radius 2 is 1.36 bits per heavy atom. The van der Waals surface area contributed by atoms with Crippen LogP contribution in [-0.2, 0) is 9.53 Å². The van der Waals surface area contributed by atoms with Crippen molar-refractivity contribution in [2.24, 2.45) is 0 Å². The van der Waals surface area contributed by atoms with Crippen LogP contribution in [-0.4, -0.2) is 37.4 Å². The van der Waals surface area contributed by atoms with Gasteiger partial charge in [-0.25, -0.2) is 0 Å². The summed E-state index contributed by atoms with van der Waals surface area (Å²) in [6, 6.07) is 0. The molecule has 0 saturated heterocycles. The molecule has 0 radical (unpaired) electrons. The molecule has 0 heterocycles. The van der Waals surface area contributed by atoms with Gasteiger partial charge in [0.1, 0.15) is 6.61 Å². The molecule has 0 bridgehead atoms. The van der Waals surface area contributed by atoms with Crippen molar-refractivity contribution in [3.05, 3.63) is 0 Å². The Bertz CT molecular complexity index is 234. The summed E-state index contributed by atoms with van der Waals surface area (Å²) in [5.41, 5.74) is 0. The van der Waals surface area contributed by atoms with E-state index in [4.69, 9.17) is 9.84 Å². The van der Waals surface area contributed by atoms with Gasteiger partial charge in [0.05, 0.1) is 13.2 Å². The van der Waals surface area contributed by atoms with E-state index < -0.39 is 0 Å². The number of hydrogen-bond donors (Lipinski definition) is 2. The van der Waals surface area contributed by atoms with Crippen LogP contribution in [0.3, 0.4) is 0 Å². The SMILES string of the molecule is CCCCCCCCCCCCCCNC(=O)COCCO. The number of rotatable bonds is 17. The van der Waals surface area contributed by atoms with E-state index >= 15 is 0 Å². The number of carbonyl (C=O) groups is 1. The molecule has 132 valence electrons. The summed E-state index contributed by atoms with van der Waals surface area (Å²) in [5, 5.41) is 11.4. The van der Waals surface area contributed by atoms with Gasteiger partial charge in [-0.15, -0.1) is 0 Å². The van der Waals surface area contributed by atoms with Crippen LogP contribution in [0.1, 0.15) is 84.0 Å². The summed E-state index contributed by atoms with van der Waals surface area (Å²) in [6.45, 7) is 3.24. The van der Waals surface area contributed by atoms with Crippen LogP contribution in [0.25, 0.3) is 0 Å². The van der Waals surface area contributed by atoms with E-state index in [0.717, 1.165) is 13.0 Å². The van der Waals surface area contributed by atoms with Gasteiger partial charge in [0.2, 0.25) is 5.91 Å². The summed E-state index contributed by atoms with van der Waals surface area (Å²) >= 11 is 0. The van der Waals surface area contributed by atoms with E-state index in [1.165, 1.54) is 70.6 Å². The highest BCUT2D eigenvalue weighted by atomic mass is 16.5. The summed E-state index contributed by atoms with van der Waals surface area (Å²) in [6.07, 6.45) is 15.9. The van der Waals surface area contributed by atoms with Crippen LogP contribution in [0.2, 0.25) is 0 Å². The molecule has 0 aromatic carbocycles. The standard InChI is InChI=1S/C18H37NO3/c1-2-3-4-5-6-7-8-9-10-11-12-13-14-19-18(21)17-22-16-15-20/h20H,2-17H2,1H3,(H,19,21). The molecule has 0 atom stereocenters. The molecule has 0 aliphatic heterocycles. The quantitative estimate of drug-likeness (QED) is 0.401. The van der Waals surface area contributed by atoms with E-state index in [0.29, 0.717) is 0 Å². The fourth-order valence-corrected chi connectivity index (χ4v) is 2.47. The fraction of sp³-hybridized carbons (Fsp3) is 0.944. The number of hydrogen-bond acceptors (Lipinski definition) is 3. The van der Waals surface area contributed by atoms with Crippen molar-refractivity contribution in [3.63, 3.8) is 0 Å². The average molecular weight is 315 g/mol. The minimum absolute atomic E-state index is 0.0357. The van der Waals surface area contributed by atoms with Crippen LogP contribution >= 0.6 is 0 Å². The van der Waals surface area contributed by atoms with Gasteiger partial charge >= 0.3 is 0 Å². The van der Waals surface area contributed by atoms with Gasteiger partial charge in [0.15, 0.2) is 0 Å². The van der Waals surface area contributed by atoms with Crippen molar-refractivity contribution in [1.82, 2.24) is 5.32 Å². The fourth-order valence-electron chi connectivity index (χ4n) is 2.47. The average Bonchev–Trinajstić information content (AvgIpc) is 2.52. The molecular formula is C18H37NO3. The van der Waals surface area contributed by atoms with E-state index in [2.05, 4.69) is 12.2 Å². The number of amides is 1. The zero-order valence-electron chi connectivity index (χ0n) is 14.6. The maximum absolute atomic E-state index is 11.3. The van der Waals surface area contributed by atoms with Crippen LogP contribution in [0.4, 0.5) is 0 Å². The van der Waals surface area contributed by atoms with Crippen LogP contribution in [0, 0.1) is 0 Å². The first-order chi connectivity index (χ1) is 10.8. The van der Waals surface area contributed by atoms with Gasteiger partial charge in [-0.3, -0.25) is 4.79 Å². The number of ether oxygens (including phenoxy) is 1. The van der Waals surface area contributed by atoms with E-state index in [1.54, 1.807) is 0 Å². The van der Waals surface area contributed by atoms with Crippen molar-refractivity contribution in [3.8, 4) is 0 Å². The highest BCUT2D eigenvalue weighted by Gasteiger charge is 1.99. The number of aliphatic hydroxyl groups excluding tert-OH is 1. The van der Waals surface area contributed by atoms with Crippen molar-refractivity contribution in [2.75, 3.05) is 26.4 Å². The molecule has 4 nitrogen and oxygen atoms in total. The second-order valence-electron chi connectivity index (χ2n) is 6.02. The molecule has 0 rings (SSSR count). The van der Waals surface area contributed by atoms with Crippen LogP contribution < -0.4 is 5.32 Å². The van der Waals surface area contributed by atoms with E-state index in [-0.39, 0.29) is 25.7 Å². The Balaban J connectivity index is 3.06.